The van der Waals surface area contributed by atoms with E-state index in [1.54, 1.807) is 7.11 Å². The molecule has 7 rings (SSSR count). The zero-order chi connectivity index (χ0) is 28.1. The lowest BCUT2D eigenvalue weighted by Gasteiger charge is -2.56. The summed E-state index contributed by atoms with van der Waals surface area (Å²) in [4.78, 5) is 31.9. The number of nitrogens with zero attached hydrogens (tertiary/aromatic N) is 1. The number of carbonyl (C=O) groups excluding carboxylic acids is 1. The summed E-state index contributed by atoms with van der Waals surface area (Å²) in [6, 6.07) is 23.5. The van der Waals surface area contributed by atoms with Crippen molar-refractivity contribution in [2.45, 2.75) is 50.5 Å². The van der Waals surface area contributed by atoms with Gasteiger partial charge in [-0.25, -0.2) is 4.98 Å². The normalized spacial score (nSPS) is 23.6. The number of carbonyl (C=O) groups is 2. The van der Waals surface area contributed by atoms with Crippen LogP contribution in [0.25, 0.3) is 22.2 Å². The number of halogens is 1. The number of hydrogen-bond donors (Lipinski definition) is 2. The molecule has 1 aromatic heterocycles. The highest BCUT2D eigenvalue weighted by Gasteiger charge is 2.59. The Balaban J connectivity index is 1.48. The van der Waals surface area contributed by atoms with Crippen LogP contribution in [0.15, 0.2) is 77.3 Å². The fraction of sp³-hybridized carbons (Fsp3) is 0.303. The van der Waals surface area contributed by atoms with Gasteiger partial charge in [0.1, 0.15) is 5.75 Å². The van der Waals surface area contributed by atoms with Crippen LogP contribution in [0.1, 0.15) is 59.5 Å². The van der Waals surface area contributed by atoms with E-state index >= 15 is 0 Å². The Labute approximate surface area is 241 Å². The molecule has 3 fully saturated rings. The minimum Gasteiger partial charge on any atom is -0.496 e. The quantitative estimate of drug-likeness (QED) is 0.243. The molecule has 40 heavy (non-hydrogen) atoms. The van der Waals surface area contributed by atoms with Crippen LogP contribution >= 0.6 is 15.9 Å². The van der Waals surface area contributed by atoms with E-state index in [1.165, 1.54) is 0 Å². The Morgan fingerprint density at radius 3 is 2.40 bits per heavy atom. The number of amides is 1. The lowest BCUT2D eigenvalue weighted by atomic mass is 9.51. The molecule has 3 aliphatic carbocycles. The van der Waals surface area contributed by atoms with E-state index in [-0.39, 0.29) is 11.8 Å². The summed E-state index contributed by atoms with van der Waals surface area (Å²) in [5.41, 5.74) is 3.44. The number of aromatic nitrogens is 1. The summed E-state index contributed by atoms with van der Waals surface area (Å²) in [7, 11) is 1.63. The molecule has 1 amide bonds. The number of carboxylic acid groups (broad SMARTS) is 1. The molecule has 3 aromatic carbocycles. The van der Waals surface area contributed by atoms with Gasteiger partial charge in [0.15, 0.2) is 0 Å². The molecule has 204 valence electrons. The van der Waals surface area contributed by atoms with Crippen molar-refractivity contribution in [3.63, 3.8) is 0 Å². The summed E-state index contributed by atoms with van der Waals surface area (Å²) >= 11 is 3.58. The molecule has 2 bridgehead atoms. The van der Waals surface area contributed by atoms with Crippen molar-refractivity contribution in [3.8, 4) is 17.0 Å². The fourth-order valence-electron chi connectivity index (χ4n) is 6.98. The molecule has 0 saturated heterocycles. The largest absolute Gasteiger partial charge is 0.496 e. The standard InChI is InChI=1S/C33H31BrN2O4/c1-20-28(24-18-22(34)12-13-26(24)35-29(20)21-8-4-3-5-9-21)30(37)36-33-16-14-32(15-17-33,31(38)39)19-25(33)23-10-6-7-11-27(23)40-2/h3-13,18,25H,14-17,19H2,1-2H3,(H,36,37)(H,38,39). The second-order valence-corrected chi connectivity index (χ2v) is 12.1. The predicted octanol–water partition coefficient (Wildman–Crippen LogP) is 7.28. The number of ether oxygens (including phenoxy) is 1. The van der Waals surface area contributed by atoms with E-state index in [2.05, 4.69) is 21.2 Å². The van der Waals surface area contributed by atoms with Crippen LogP contribution in [0.4, 0.5) is 0 Å². The highest BCUT2D eigenvalue weighted by Crippen LogP contribution is 2.60. The first kappa shape index (κ1) is 26.5. The fourth-order valence-corrected chi connectivity index (χ4v) is 7.34. The maximum atomic E-state index is 14.5. The second kappa shape index (κ2) is 10.0. The van der Waals surface area contributed by atoms with Crippen LogP contribution < -0.4 is 10.1 Å². The Bertz CT molecular complexity index is 1630. The third-order valence-corrected chi connectivity index (χ3v) is 9.65. The van der Waals surface area contributed by atoms with Crippen LogP contribution in [-0.4, -0.2) is 34.6 Å². The van der Waals surface area contributed by atoms with Gasteiger partial charge in [0.05, 0.1) is 29.3 Å². The second-order valence-electron chi connectivity index (χ2n) is 11.2. The first-order valence-corrected chi connectivity index (χ1v) is 14.4. The zero-order valence-electron chi connectivity index (χ0n) is 22.5. The van der Waals surface area contributed by atoms with Gasteiger partial charge in [0.25, 0.3) is 5.91 Å². The highest BCUT2D eigenvalue weighted by molar-refractivity contribution is 9.10. The number of aliphatic carboxylic acids is 1. The first-order valence-electron chi connectivity index (χ1n) is 13.6. The summed E-state index contributed by atoms with van der Waals surface area (Å²) in [6.07, 6.45) is 2.70. The lowest BCUT2D eigenvalue weighted by molar-refractivity contribution is -0.157. The third kappa shape index (κ3) is 4.27. The Morgan fingerprint density at radius 1 is 1.00 bits per heavy atom. The lowest BCUT2D eigenvalue weighted by Crippen LogP contribution is -2.62. The number of hydrogen-bond acceptors (Lipinski definition) is 4. The average Bonchev–Trinajstić information content (AvgIpc) is 2.97. The molecule has 0 spiro atoms. The van der Waals surface area contributed by atoms with Gasteiger partial charge in [-0.1, -0.05) is 64.5 Å². The van der Waals surface area contributed by atoms with Crippen LogP contribution in [0, 0.1) is 12.3 Å². The first-order chi connectivity index (χ1) is 19.3. The topological polar surface area (TPSA) is 88.5 Å². The zero-order valence-corrected chi connectivity index (χ0v) is 24.1. The summed E-state index contributed by atoms with van der Waals surface area (Å²) in [6.45, 7) is 1.96. The van der Waals surface area contributed by atoms with E-state index < -0.39 is 16.9 Å². The van der Waals surface area contributed by atoms with Crippen molar-refractivity contribution < 1.29 is 19.4 Å². The van der Waals surface area contributed by atoms with Crippen LogP contribution in [0.5, 0.6) is 5.75 Å². The number of benzene rings is 3. The van der Waals surface area contributed by atoms with Crippen molar-refractivity contribution in [2.24, 2.45) is 5.41 Å². The molecule has 1 heterocycles. The van der Waals surface area contributed by atoms with Gasteiger partial charge < -0.3 is 15.2 Å². The molecule has 1 atom stereocenters. The molecule has 0 radical (unpaired) electrons. The van der Waals surface area contributed by atoms with Gasteiger partial charge in [-0.3, -0.25) is 9.59 Å². The van der Waals surface area contributed by atoms with E-state index in [0.29, 0.717) is 37.7 Å². The maximum Gasteiger partial charge on any atom is 0.309 e. The minimum absolute atomic E-state index is 0.162. The number of carboxylic acids is 1. The number of rotatable bonds is 6. The number of methoxy groups -OCH3 is 1. The monoisotopic (exact) mass is 598 g/mol. The Morgan fingerprint density at radius 2 is 1.70 bits per heavy atom. The Kier molecular flexibility index (Phi) is 6.65. The number of fused-ring (bicyclic) bond motifs is 4. The molecular formula is C33H31BrN2O4. The van der Waals surface area contributed by atoms with Crippen LogP contribution in [-0.2, 0) is 4.79 Å². The van der Waals surface area contributed by atoms with E-state index in [1.807, 2.05) is 79.7 Å². The summed E-state index contributed by atoms with van der Waals surface area (Å²) in [5, 5.41) is 14.5. The van der Waals surface area contributed by atoms with Gasteiger partial charge in [-0.05, 0) is 74.4 Å². The van der Waals surface area contributed by atoms with Gasteiger partial charge in [-0.2, -0.15) is 0 Å². The predicted molar refractivity (Wildman–Crippen MR) is 159 cm³/mol. The van der Waals surface area contributed by atoms with Crippen molar-refractivity contribution in [1.82, 2.24) is 10.3 Å². The smallest absolute Gasteiger partial charge is 0.309 e. The van der Waals surface area contributed by atoms with Gasteiger partial charge >= 0.3 is 5.97 Å². The number of pyridine rings is 1. The van der Waals surface area contributed by atoms with Crippen molar-refractivity contribution in [3.05, 3.63) is 94.0 Å². The van der Waals surface area contributed by atoms with E-state index in [9.17, 15) is 14.7 Å². The molecule has 6 nitrogen and oxygen atoms in total. The average molecular weight is 600 g/mol. The van der Waals surface area contributed by atoms with Crippen molar-refractivity contribution in [1.29, 1.82) is 0 Å². The third-order valence-electron chi connectivity index (χ3n) is 9.16. The van der Waals surface area contributed by atoms with Crippen molar-refractivity contribution >= 4 is 38.7 Å². The molecule has 1 unspecified atom stereocenters. The van der Waals surface area contributed by atoms with Gasteiger partial charge in [0, 0.05) is 26.9 Å². The molecule has 0 aliphatic heterocycles. The number of nitrogens with one attached hydrogen (secondary N) is 1. The summed E-state index contributed by atoms with van der Waals surface area (Å²) in [5.74, 6) is -0.389. The van der Waals surface area contributed by atoms with Crippen LogP contribution in [0.2, 0.25) is 0 Å². The highest BCUT2D eigenvalue weighted by atomic mass is 79.9. The van der Waals surface area contributed by atoms with Gasteiger partial charge in [-0.15, -0.1) is 0 Å². The molecule has 2 N–H and O–H groups in total. The molecule has 4 aromatic rings. The molecule has 7 heteroatoms. The maximum absolute atomic E-state index is 14.5. The SMILES string of the molecule is COc1ccccc1C1CC2(C(=O)O)CCC1(NC(=O)c1c(C)c(-c3ccccc3)nc3ccc(Br)cc13)CC2. The van der Waals surface area contributed by atoms with Crippen molar-refractivity contribution in [2.75, 3.05) is 7.11 Å². The van der Waals surface area contributed by atoms with Crippen LogP contribution in [0.3, 0.4) is 0 Å². The molecule has 3 saturated carbocycles. The number of para-hydroxylation sites is 1. The Hall–Kier alpha value is -3.71. The van der Waals surface area contributed by atoms with E-state index in [0.717, 1.165) is 43.5 Å². The molecular weight excluding hydrogens is 568 g/mol. The summed E-state index contributed by atoms with van der Waals surface area (Å²) < 4.78 is 6.59. The minimum atomic E-state index is -0.789. The molecule has 3 aliphatic rings. The van der Waals surface area contributed by atoms with Gasteiger partial charge in [0.2, 0.25) is 0 Å². The van der Waals surface area contributed by atoms with E-state index in [4.69, 9.17) is 9.72 Å².